The molecule has 5 aromatic rings. The molecular formula is C25H29N9O3. The van der Waals surface area contributed by atoms with Crippen LogP contribution in [0.5, 0.6) is 5.75 Å². The number of fused-ring (bicyclic) bond motifs is 3. The molecule has 0 aliphatic carbocycles. The first-order valence-electron chi connectivity index (χ1n) is 17.5. The molecule has 1 aromatic carbocycles. The van der Waals surface area contributed by atoms with Gasteiger partial charge in [-0.15, -0.1) is 5.10 Å². The van der Waals surface area contributed by atoms with Crippen molar-refractivity contribution in [3.8, 4) is 17.3 Å². The van der Waals surface area contributed by atoms with Gasteiger partial charge in [0.1, 0.15) is 12.4 Å². The summed E-state index contributed by atoms with van der Waals surface area (Å²) in [6, 6.07) is 7.99. The fourth-order valence-corrected chi connectivity index (χ4v) is 3.68. The Morgan fingerprint density at radius 3 is 2.76 bits per heavy atom. The maximum Gasteiger partial charge on any atom is 0.225 e. The normalized spacial score (nSPS) is 26.1. The summed E-state index contributed by atoms with van der Waals surface area (Å²) >= 11 is 0. The van der Waals surface area contributed by atoms with E-state index >= 15 is 0 Å². The molecule has 1 aliphatic heterocycles. The van der Waals surface area contributed by atoms with Crippen molar-refractivity contribution in [3.63, 3.8) is 0 Å². The van der Waals surface area contributed by atoms with Crippen LogP contribution < -0.4 is 15.4 Å². The highest BCUT2D eigenvalue weighted by molar-refractivity contribution is 5.90. The highest BCUT2D eigenvalue weighted by Crippen LogP contribution is 2.24. The van der Waals surface area contributed by atoms with Gasteiger partial charge >= 0.3 is 0 Å². The maximum atomic E-state index is 8.80. The number of ether oxygens (including phenoxy) is 2. The summed E-state index contributed by atoms with van der Waals surface area (Å²) in [5, 5.41) is 9.00. The third-order valence-corrected chi connectivity index (χ3v) is 5.43. The number of hydrogen-bond acceptors (Lipinski definition) is 10. The summed E-state index contributed by atoms with van der Waals surface area (Å²) in [6.45, 7) is -17.0. The molecule has 0 spiro atoms. The molecule has 4 aromatic heterocycles. The second-order valence-electron chi connectivity index (χ2n) is 7.69. The average molecular weight is 517 g/mol. The van der Waals surface area contributed by atoms with Gasteiger partial charge < -0.3 is 24.5 Å². The number of benzene rings is 1. The van der Waals surface area contributed by atoms with Gasteiger partial charge in [0.05, 0.1) is 43.3 Å². The molecule has 192 valence electrons. The molecule has 0 amide bonds. The number of anilines is 2. The van der Waals surface area contributed by atoms with Crippen LogP contribution in [0.4, 0.5) is 11.6 Å². The van der Waals surface area contributed by atoms with Gasteiger partial charge in [-0.05, 0) is 36.4 Å². The molecule has 0 radical (unpaired) electrons. The van der Waals surface area contributed by atoms with E-state index in [2.05, 4.69) is 24.9 Å². The number of nitrogens with two attached hydrogens (primary N) is 1. The van der Waals surface area contributed by atoms with E-state index < -0.39 is 52.7 Å². The van der Waals surface area contributed by atoms with E-state index in [1.165, 1.54) is 33.8 Å². The van der Waals surface area contributed by atoms with Gasteiger partial charge in [0.2, 0.25) is 11.8 Å². The zero-order valence-electron chi connectivity index (χ0n) is 32.1. The Labute approximate surface area is 231 Å². The first-order valence-corrected chi connectivity index (χ1v) is 11.0. The fourth-order valence-electron chi connectivity index (χ4n) is 3.68. The molecule has 0 saturated carbocycles. The third kappa shape index (κ3) is 4.68. The Morgan fingerprint density at radius 1 is 1.11 bits per heavy atom. The molecule has 0 atom stereocenters. The van der Waals surface area contributed by atoms with Crippen LogP contribution in [0.15, 0.2) is 53.3 Å². The van der Waals surface area contributed by atoms with Gasteiger partial charge in [-0.2, -0.15) is 14.6 Å². The van der Waals surface area contributed by atoms with Crippen LogP contribution in [0.25, 0.3) is 28.3 Å². The van der Waals surface area contributed by atoms with Gasteiger partial charge in [0.25, 0.3) is 0 Å². The van der Waals surface area contributed by atoms with E-state index in [4.69, 9.17) is 32.7 Å². The van der Waals surface area contributed by atoms with Crippen LogP contribution in [-0.2, 0) is 11.3 Å². The van der Waals surface area contributed by atoms with Gasteiger partial charge in [-0.25, -0.2) is 9.67 Å². The number of piperazine rings is 1. The molecule has 0 bridgehead atoms. The topological polar surface area (TPSA) is 125 Å². The van der Waals surface area contributed by atoms with Crippen LogP contribution >= 0.6 is 0 Å². The van der Waals surface area contributed by atoms with Crippen molar-refractivity contribution in [2.75, 3.05) is 63.4 Å². The fraction of sp³-hybridized carbons (Fsp3) is 0.360. The Bertz CT molecular complexity index is 1980. The smallest absolute Gasteiger partial charge is 0.225 e. The minimum Gasteiger partial charge on any atom is -0.491 e. The van der Waals surface area contributed by atoms with Crippen LogP contribution in [-0.4, -0.2) is 87.0 Å². The van der Waals surface area contributed by atoms with Crippen molar-refractivity contribution < 1.29 is 31.7 Å². The molecule has 1 aliphatic rings. The van der Waals surface area contributed by atoms with Crippen molar-refractivity contribution in [2.24, 2.45) is 0 Å². The first-order chi connectivity index (χ1) is 23.1. The second kappa shape index (κ2) is 10.1. The van der Waals surface area contributed by atoms with Crippen molar-refractivity contribution in [2.45, 2.75) is 6.54 Å². The Morgan fingerprint density at radius 2 is 1.97 bits per heavy atom. The predicted molar refractivity (Wildman–Crippen MR) is 139 cm³/mol. The molecule has 12 heteroatoms. The number of hydrogen-bond donors (Lipinski definition) is 1. The predicted octanol–water partition coefficient (Wildman–Crippen LogP) is 2.16. The standard InChI is InChI=1S/C25H29N9O3/c1-35-15-16-36-19-6-4-18(5-7-19)32-11-8-31(9-12-32)10-13-33-23-20(17-27-33)24-28-22(21-3-2-14-37-21)30-34(24)25(26)29-23/h2-7,14,17H,8-13,15-16H2,1H3,(H2,26,29)/i1D3,8D2,9D2,11D2,12D2,15D2. The zero-order valence-corrected chi connectivity index (χ0v) is 19.1. The number of nitrogen functional groups attached to an aromatic ring is 1. The molecule has 6 rings (SSSR count). The first kappa shape index (κ1) is 12.9. The number of methoxy groups -OCH3 is 1. The molecule has 0 unspecified atom stereocenters. The second-order valence-corrected chi connectivity index (χ2v) is 7.69. The van der Waals surface area contributed by atoms with Crippen molar-refractivity contribution in [3.05, 3.63) is 48.9 Å². The lowest BCUT2D eigenvalue weighted by Crippen LogP contribution is -2.47. The Hall–Kier alpha value is -4.16. The minimum absolute atomic E-state index is 0.0289. The number of furan rings is 1. The van der Waals surface area contributed by atoms with E-state index in [0.29, 0.717) is 20.9 Å². The Balaban J connectivity index is 1.25. The number of nitrogens with zero attached hydrogens (tertiary/aromatic N) is 8. The van der Waals surface area contributed by atoms with E-state index in [1.54, 1.807) is 12.1 Å². The van der Waals surface area contributed by atoms with Gasteiger partial charge in [-0.1, -0.05) is 0 Å². The van der Waals surface area contributed by atoms with E-state index in [1.807, 2.05) is 0 Å². The van der Waals surface area contributed by atoms with E-state index in [0.717, 1.165) is 12.1 Å². The van der Waals surface area contributed by atoms with Crippen molar-refractivity contribution in [1.29, 1.82) is 0 Å². The molecular weight excluding hydrogens is 474 g/mol. The molecule has 37 heavy (non-hydrogen) atoms. The maximum absolute atomic E-state index is 8.80. The Kier molecular flexibility index (Phi) is 3.51. The number of rotatable bonds is 9. The van der Waals surface area contributed by atoms with Gasteiger partial charge in [0.15, 0.2) is 17.1 Å². The largest absolute Gasteiger partial charge is 0.491 e. The molecule has 1 saturated heterocycles. The lowest BCUT2D eigenvalue weighted by atomic mass is 10.2. The van der Waals surface area contributed by atoms with Crippen molar-refractivity contribution in [1.82, 2.24) is 34.3 Å². The van der Waals surface area contributed by atoms with Crippen LogP contribution in [0.2, 0.25) is 0 Å². The summed E-state index contributed by atoms with van der Waals surface area (Å²) in [5.74, 6) is 0.523. The molecule has 5 heterocycles. The molecule has 1 fully saturated rings. The minimum atomic E-state index is -3.18. The zero-order chi connectivity index (χ0) is 36.7. The monoisotopic (exact) mass is 516 g/mol. The summed E-state index contributed by atoms with van der Waals surface area (Å²) in [5.41, 5.74) is 6.37. The number of aromatic nitrogens is 6. The van der Waals surface area contributed by atoms with Crippen LogP contribution in [0.1, 0.15) is 17.8 Å². The molecule has 2 N–H and O–H groups in total. The summed E-state index contributed by atoms with van der Waals surface area (Å²) in [4.78, 5) is 9.63. The van der Waals surface area contributed by atoms with Gasteiger partial charge in [-0.3, -0.25) is 4.90 Å². The average Bonchev–Trinajstić information content (AvgIpc) is 3.75. The quantitative estimate of drug-likeness (QED) is 0.311. The van der Waals surface area contributed by atoms with E-state index in [9.17, 15) is 0 Å². The summed E-state index contributed by atoms with van der Waals surface area (Å²) in [6.07, 6.45) is 2.87. The lowest BCUT2D eigenvalue weighted by Gasteiger charge is -2.36. The summed E-state index contributed by atoms with van der Waals surface area (Å²) in [7, 11) is -3.03. The third-order valence-electron chi connectivity index (χ3n) is 5.43. The van der Waals surface area contributed by atoms with Crippen LogP contribution in [0.3, 0.4) is 0 Å². The van der Waals surface area contributed by atoms with Crippen LogP contribution in [0, 0.1) is 0 Å². The highest BCUT2D eigenvalue weighted by atomic mass is 16.5. The molecule has 12 nitrogen and oxygen atoms in total. The highest BCUT2D eigenvalue weighted by Gasteiger charge is 2.20. The van der Waals surface area contributed by atoms with Gasteiger partial charge in [0, 0.05) is 50.7 Å². The lowest BCUT2D eigenvalue weighted by molar-refractivity contribution is 0.146. The summed E-state index contributed by atoms with van der Waals surface area (Å²) < 4.78 is 124. The van der Waals surface area contributed by atoms with E-state index in [-0.39, 0.29) is 41.0 Å². The SMILES string of the molecule is [2H]C([2H])([2H])OC([2H])([2H])COc1ccc(N2C([2H])([2H])C([2H])([2H])N(CCn3ncc4c3nc(N)n3nc(-c5ccco5)nc43)C([2H])([2H])C2([2H])[2H])cc1. The van der Waals surface area contributed by atoms with Crippen molar-refractivity contribution >= 4 is 28.3 Å².